The smallest absolute Gasteiger partial charge is 0.412 e. The second-order valence-electron chi connectivity index (χ2n) is 5.00. The topological polar surface area (TPSA) is 113 Å². The molecule has 0 bridgehead atoms. The highest BCUT2D eigenvalue weighted by molar-refractivity contribution is 6.01. The van der Waals surface area contributed by atoms with Gasteiger partial charge in [0.15, 0.2) is 0 Å². The zero-order chi connectivity index (χ0) is 15.5. The Morgan fingerprint density at radius 2 is 1.70 bits per heavy atom. The Morgan fingerprint density at radius 3 is 2.15 bits per heavy atom. The summed E-state index contributed by atoms with van der Waals surface area (Å²) in [5.74, 6) is -2.51. The van der Waals surface area contributed by atoms with Crippen LogP contribution in [0, 0.1) is 0 Å². The van der Waals surface area contributed by atoms with Crippen LogP contribution in [0.15, 0.2) is 18.2 Å². The van der Waals surface area contributed by atoms with Crippen LogP contribution >= 0.6 is 0 Å². The van der Waals surface area contributed by atoms with Gasteiger partial charge in [-0.15, -0.1) is 0 Å². The van der Waals surface area contributed by atoms with Gasteiger partial charge in [-0.05, 0) is 39.0 Å². The molecule has 0 fully saturated rings. The standard InChI is InChI=1S/C13H15NO6/c1-13(2,3)20-12(19)14-9-6-7(10(15)16)4-5-8(9)11(17)18/h4-6H,1-3H3,(H,14,19)(H,15,16)(H,17,18). The molecule has 0 unspecified atom stereocenters. The van der Waals surface area contributed by atoms with E-state index < -0.39 is 23.6 Å². The summed E-state index contributed by atoms with van der Waals surface area (Å²) in [6.45, 7) is 4.95. The monoisotopic (exact) mass is 281 g/mol. The molecule has 1 aromatic rings. The molecule has 1 aromatic carbocycles. The molecule has 0 atom stereocenters. The van der Waals surface area contributed by atoms with Gasteiger partial charge < -0.3 is 14.9 Å². The quantitative estimate of drug-likeness (QED) is 0.784. The van der Waals surface area contributed by atoms with Crippen molar-refractivity contribution in [1.29, 1.82) is 0 Å². The minimum absolute atomic E-state index is 0.133. The van der Waals surface area contributed by atoms with Crippen LogP contribution in [0.1, 0.15) is 41.5 Å². The molecule has 7 heteroatoms. The number of carboxylic acid groups (broad SMARTS) is 2. The summed E-state index contributed by atoms with van der Waals surface area (Å²) in [6.07, 6.45) is -0.859. The van der Waals surface area contributed by atoms with Crippen LogP contribution in [0.3, 0.4) is 0 Å². The fourth-order valence-corrected chi connectivity index (χ4v) is 1.38. The molecule has 108 valence electrons. The third-order valence-corrected chi connectivity index (χ3v) is 2.13. The van der Waals surface area contributed by atoms with Gasteiger partial charge in [-0.3, -0.25) is 5.32 Å². The van der Waals surface area contributed by atoms with Crippen molar-refractivity contribution in [2.45, 2.75) is 26.4 Å². The largest absolute Gasteiger partial charge is 0.478 e. The van der Waals surface area contributed by atoms with Crippen LogP contribution in [0.5, 0.6) is 0 Å². The Labute approximate surface area is 115 Å². The highest BCUT2D eigenvalue weighted by Gasteiger charge is 2.20. The van der Waals surface area contributed by atoms with E-state index in [9.17, 15) is 14.4 Å². The minimum atomic E-state index is -1.28. The second kappa shape index (κ2) is 5.60. The number of anilines is 1. The lowest BCUT2D eigenvalue weighted by atomic mass is 10.1. The first kappa shape index (κ1) is 15.5. The molecule has 0 saturated carbocycles. The fourth-order valence-electron chi connectivity index (χ4n) is 1.38. The number of hydrogen-bond acceptors (Lipinski definition) is 4. The number of ether oxygens (including phenoxy) is 1. The maximum Gasteiger partial charge on any atom is 0.412 e. The number of carbonyl (C=O) groups is 3. The first-order valence-corrected chi connectivity index (χ1v) is 5.71. The van der Waals surface area contributed by atoms with E-state index in [0.717, 1.165) is 18.2 Å². The summed E-state index contributed by atoms with van der Waals surface area (Å²) in [5.41, 5.74) is -1.24. The van der Waals surface area contributed by atoms with Crippen LogP contribution < -0.4 is 5.32 Å². The molecule has 1 amide bonds. The van der Waals surface area contributed by atoms with E-state index in [4.69, 9.17) is 14.9 Å². The molecule has 7 nitrogen and oxygen atoms in total. The molecule has 0 radical (unpaired) electrons. The van der Waals surface area contributed by atoms with E-state index >= 15 is 0 Å². The number of hydrogen-bond donors (Lipinski definition) is 3. The summed E-state index contributed by atoms with van der Waals surface area (Å²) in [7, 11) is 0. The van der Waals surface area contributed by atoms with E-state index in [0.29, 0.717) is 0 Å². The molecule has 0 aromatic heterocycles. The second-order valence-corrected chi connectivity index (χ2v) is 5.00. The average Bonchev–Trinajstić information content (AvgIpc) is 2.25. The number of amides is 1. The number of aromatic carboxylic acids is 2. The van der Waals surface area contributed by atoms with E-state index in [1.54, 1.807) is 20.8 Å². The first-order chi connectivity index (χ1) is 9.10. The van der Waals surface area contributed by atoms with Gasteiger partial charge in [-0.25, -0.2) is 14.4 Å². The molecular weight excluding hydrogens is 266 g/mol. The lowest BCUT2D eigenvalue weighted by Gasteiger charge is -2.20. The van der Waals surface area contributed by atoms with Crippen molar-refractivity contribution in [3.05, 3.63) is 29.3 Å². The SMILES string of the molecule is CC(C)(C)OC(=O)Nc1cc(C(=O)O)ccc1C(=O)O. The molecule has 1 rings (SSSR count). The Bertz CT molecular complexity index is 558. The third kappa shape index (κ3) is 4.27. The maximum absolute atomic E-state index is 11.6. The number of nitrogens with one attached hydrogen (secondary N) is 1. The van der Waals surface area contributed by atoms with Gasteiger partial charge >= 0.3 is 18.0 Å². The van der Waals surface area contributed by atoms with Crippen LogP contribution in [0.2, 0.25) is 0 Å². The lowest BCUT2D eigenvalue weighted by molar-refractivity contribution is 0.0632. The number of rotatable bonds is 3. The minimum Gasteiger partial charge on any atom is -0.478 e. The summed E-state index contributed by atoms with van der Waals surface area (Å²) in [4.78, 5) is 33.5. The van der Waals surface area contributed by atoms with Gasteiger partial charge in [-0.2, -0.15) is 0 Å². The Hall–Kier alpha value is -2.57. The van der Waals surface area contributed by atoms with Gasteiger partial charge in [0.05, 0.1) is 16.8 Å². The van der Waals surface area contributed by atoms with E-state index in [1.807, 2.05) is 0 Å². The van der Waals surface area contributed by atoms with Crippen LogP contribution in [0.4, 0.5) is 10.5 Å². The van der Waals surface area contributed by atoms with Crippen molar-refractivity contribution in [3.8, 4) is 0 Å². The van der Waals surface area contributed by atoms with Crippen LogP contribution in [-0.2, 0) is 4.74 Å². The summed E-state index contributed by atoms with van der Waals surface area (Å²) in [5, 5.41) is 20.1. The molecule has 0 heterocycles. The summed E-state index contributed by atoms with van der Waals surface area (Å²) in [6, 6.07) is 3.32. The molecule has 0 aliphatic carbocycles. The fraction of sp³-hybridized carbons (Fsp3) is 0.308. The number of benzene rings is 1. The number of carbonyl (C=O) groups excluding carboxylic acids is 1. The van der Waals surface area contributed by atoms with Gasteiger partial charge in [0, 0.05) is 0 Å². The van der Waals surface area contributed by atoms with Gasteiger partial charge in [-0.1, -0.05) is 0 Å². The molecule has 0 spiro atoms. The maximum atomic E-state index is 11.6. The molecule has 3 N–H and O–H groups in total. The highest BCUT2D eigenvalue weighted by atomic mass is 16.6. The lowest BCUT2D eigenvalue weighted by Crippen LogP contribution is -2.27. The van der Waals surface area contributed by atoms with Crippen LogP contribution in [-0.4, -0.2) is 33.8 Å². The van der Waals surface area contributed by atoms with Crippen molar-refractivity contribution in [3.63, 3.8) is 0 Å². The predicted molar refractivity (Wildman–Crippen MR) is 70.2 cm³/mol. The average molecular weight is 281 g/mol. The Balaban J connectivity index is 3.08. The Kier molecular flexibility index (Phi) is 4.34. The van der Waals surface area contributed by atoms with Crippen molar-refractivity contribution < 1.29 is 29.3 Å². The van der Waals surface area contributed by atoms with E-state index in [2.05, 4.69) is 5.32 Å². The van der Waals surface area contributed by atoms with E-state index in [-0.39, 0.29) is 16.8 Å². The van der Waals surface area contributed by atoms with Crippen molar-refractivity contribution in [2.24, 2.45) is 0 Å². The van der Waals surface area contributed by atoms with E-state index in [1.165, 1.54) is 0 Å². The molecule has 20 heavy (non-hydrogen) atoms. The number of carboxylic acids is 2. The Morgan fingerprint density at radius 1 is 1.10 bits per heavy atom. The summed E-state index contributed by atoms with van der Waals surface area (Å²) >= 11 is 0. The van der Waals surface area contributed by atoms with Crippen LogP contribution in [0.25, 0.3) is 0 Å². The first-order valence-electron chi connectivity index (χ1n) is 5.71. The zero-order valence-electron chi connectivity index (χ0n) is 11.3. The highest BCUT2D eigenvalue weighted by Crippen LogP contribution is 2.19. The molecule has 0 saturated heterocycles. The summed E-state index contributed by atoms with van der Waals surface area (Å²) < 4.78 is 4.99. The normalized spacial score (nSPS) is 10.8. The molecule has 0 aliphatic rings. The van der Waals surface area contributed by atoms with Crippen molar-refractivity contribution in [1.82, 2.24) is 0 Å². The predicted octanol–water partition coefficient (Wildman–Crippen LogP) is 2.43. The third-order valence-electron chi connectivity index (χ3n) is 2.13. The molecular formula is C13H15NO6. The zero-order valence-corrected chi connectivity index (χ0v) is 11.3. The van der Waals surface area contributed by atoms with Crippen molar-refractivity contribution in [2.75, 3.05) is 5.32 Å². The van der Waals surface area contributed by atoms with Gasteiger partial charge in [0.25, 0.3) is 0 Å². The van der Waals surface area contributed by atoms with Gasteiger partial charge in [0.2, 0.25) is 0 Å². The molecule has 0 aliphatic heterocycles. The van der Waals surface area contributed by atoms with Crippen molar-refractivity contribution >= 4 is 23.7 Å². The van der Waals surface area contributed by atoms with Gasteiger partial charge in [0.1, 0.15) is 5.60 Å².